The average molecular weight is 392 g/mol. The molecule has 150 valence electrons. The van der Waals surface area contributed by atoms with E-state index in [4.69, 9.17) is 9.47 Å². The summed E-state index contributed by atoms with van der Waals surface area (Å²) in [7, 11) is 0. The normalized spacial score (nSPS) is 13.0. The molecule has 1 aliphatic carbocycles. The predicted octanol–water partition coefficient (Wildman–Crippen LogP) is 3.82. The van der Waals surface area contributed by atoms with Crippen molar-refractivity contribution >= 4 is 22.5 Å². The van der Waals surface area contributed by atoms with E-state index in [2.05, 4.69) is 10.3 Å². The zero-order chi connectivity index (χ0) is 20.2. The van der Waals surface area contributed by atoms with E-state index in [1.807, 2.05) is 19.1 Å². The van der Waals surface area contributed by atoms with Crippen LogP contribution in [0.2, 0.25) is 0 Å². The number of fused-ring (bicyclic) bond motifs is 3. The van der Waals surface area contributed by atoms with Gasteiger partial charge in [-0.15, -0.1) is 0 Å². The Balaban J connectivity index is 1.43. The van der Waals surface area contributed by atoms with Gasteiger partial charge in [0.15, 0.2) is 6.61 Å². The van der Waals surface area contributed by atoms with E-state index in [9.17, 15) is 9.59 Å². The number of amides is 1. The molecule has 1 heterocycles. The number of carbonyl (C=O) groups excluding carboxylic acids is 1. The van der Waals surface area contributed by atoms with Gasteiger partial charge in [-0.2, -0.15) is 0 Å². The molecule has 1 aromatic heterocycles. The van der Waals surface area contributed by atoms with Gasteiger partial charge in [-0.05, 0) is 74.6 Å². The van der Waals surface area contributed by atoms with Crippen molar-refractivity contribution in [2.24, 2.45) is 0 Å². The number of aromatic nitrogens is 1. The zero-order valence-corrected chi connectivity index (χ0v) is 16.4. The molecule has 1 aliphatic rings. The van der Waals surface area contributed by atoms with Gasteiger partial charge in [-0.3, -0.25) is 9.59 Å². The first kappa shape index (κ1) is 19.1. The van der Waals surface area contributed by atoms with Gasteiger partial charge >= 0.3 is 0 Å². The molecule has 2 aromatic carbocycles. The molecule has 0 saturated heterocycles. The van der Waals surface area contributed by atoms with Gasteiger partial charge < -0.3 is 19.8 Å². The van der Waals surface area contributed by atoms with Crippen molar-refractivity contribution in [2.45, 2.75) is 32.6 Å². The van der Waals surface area contributed by atoms with Gasteiger partial charge in [0.25, 0.3) is 11.5 Å². The smallest absolute Gasteiger partial charge is 0.262 e. The molecule has 2 N–H and O–H groups in total. The molecule has 29 heavy (non-hydrogen) atoms. The van der Waals surface area contributed by atoms with Crippen molar-refractivity contribution in [3.05, 3.63) is 63.9 Å². The minimum Gasteiger partial charge on any atom is -0.494 e. The van der Waals surface area contributed by atoms with Crippen LogP contribution in [0.5, 0.6) is 11.5 Å². The Hall–Kier alpha value is -3.28. The molecule has 0 spiro atoms. The monoisotopic (exact) mass is 392 g/mol. The Kier molecular flexibility index (Phi) is 5.51. The molecule has 4 rings (SSSR count). The summed E-state index contributed by atoms with van der Waals surface area (Å²) in [5, 5.41) is 3.88. The molecule has 0 aliphatic heterocycles. The van der Waals surface area contributed by atoms with Crippen molar-refractivity contribution in [3.8, 4) is 11.5 Å². The van der Waals surface area contributed by atoms with Crippen molar-refractivity contribution in [3.63, 3.8) is 0 Å². The summed E-state index contributed by atoms with van der Waals surface area (Å²) >= 11 is 0. The maximum atomic E-state index is 12.4. The van der Waals surface area contributed by atoms with Crippen LogP contribution < -0.4 is 20.3 Å². The number of benzene rings is 2. The van der Waals surface area contributed by atoms with Crippen molar-refractivity contribution in [1.82, 2.24) is 4.98 Å². The molecule has 0 unspecified atom stereocenters. The Bertz CT molecular complexity index is 1090. The highest BCUT2D eigenvalue weighted by Crippen LogP contribution is 2.27. The van der Waals surface area contributed by atoms with E-state index >= 15 is 0 Å². The highest BCUT2D eigenvalue weighted by Gasteiger charge is 2.16. The molecule has 0 radical (unpaired) electrons. The number of hydrogen-bond acceptors (Lipinski definition) is 4. The van der Waals surface area contributed by atoms with Crippen LogP contribution in [-0.4, -0.2) is 24.1 Å². The van der Waals surface area contributed by atoms with E-state index in [0.29, 0.717) is 18.0 Å². The summed E-state index contributed by atoms with van der Waals surface area (Å²) in [5.74, 6) is 1.09. The highest BCUT2D eigenvalue weighted by molar-refractivity contribution is 5.95. The standard InChI is InChI=1S/C23H24N2O4/c1-2-28-16-8-10-17(11-9-16)29-14-22(26)24-15-7-12-19-18-5-3-4-6-20(18)23(27)25-21(19)13-15/h7-13H,2-6,14H2,1H3,(H,24,26)(H,25,27). The van der Waals surface area contributed by atoms with Gasteiger partial charge in [0.1, 0.15) is 11.5 Å². The number of H-pyrrole nitrogens is 1. The van der Waals surface area contributed by atoms with Gasteiger partial charge in [0.05, 0.1) is 12.1 Å². The van der Waals surface area contributed by atoms with Crippen LogP contribution in [0.3, 0.4) is 0 Å². The van der Waals surface area contributed by atoms with E-state index in [1.165, 1.54) is 0 Å². The third kappa shape index (κ3) is 4.26. The summed E-state index contributed by atoms with van der Waals surface area (Å²) in [4.78, 5) is 27.6. The molecule has 6 heteroatoms. The van der Waals surface area contributed by atoms with Crippen molar-refractivity contribution in [1.29, 1.82) is 0 Å². The number of aryl methyl sites for hydroxylation is 1. The number of nitrogens with one attached hydrogen (secondary N) is 2. The summed E-state index contributed by atoms with van der Waals surface area (Å²) < 4.78 is 10.9. The first-order valence-corrected chi connectivity index (χ1v) is 9.97. The molecular formula is C23H24N2O4. The fourth-order valence-corrected chi connectivity index (χ4v) is 3.78. The van der Waals surface area contributed by atoms with Gasteiger partial charge in [-0.1, -0.05) is 6.07 Å². The largest absolute Gasteiger partial charge is 0.494 e. The Labute approximate surface area is 168 Å². The maximum Gasteiger partial charge on any atom is 0.262 e. The van der Waals surface area contributed by atoms with Crippen LogP contribution in [0.15, 0.2) is 47.3 Å². The predicted molar refractivity (Wildman–Crippen MR) is 113 cm³/mol. The van der Waals surface area contributed by atoms with E-state index < -0.39 is 0 Å². The lowest BCUT2D eigenvalue weighted by Crippen LogP contribution is -2.21. The van der Waals surface area contributed by atoms with Gasteiger partial charge in [-0.25, -0.2) is 0 Å². The van der Waals surface area contributed by atoms with E-state index in [-0.39, 0.29) is 18.1 Å². The Morgan fingerprint density at radius 1 is 1.00 bits per heavy atom. The molecule has 1 amide bonds. The Morgan fingerprint density at radius 3 is 2.41 bits per heavy atom. The molecule has 0 atom stereocenters. The highest BCUT2D eigenvalue weighted by atomic mass is 16.5. The summed E-state index contributed by atoms with van der Waals surface area (Å²) in [6, 6.07) is 12.8. The first-order valence-electron chi connectivity index (χ1n) is 9.97. The van der Waals surface area contributed by atoms with Crippen LogP contribution in [0, 0.1) is 0 Å². The fourth-order valence-electron chi connectivity index (χ4n) is 3.78. The molecule has 0 fully saturated rings. The third-order valence-corrected chi connectivity index (χ3v) is 5.12. The minimum atomic E-state index is -0.265. The second-order valence-electron chi connectivity index (χ2n) is 7.12. The molecule has 3 aromatic rings. The number of aromatic amines is 1. The van der Waals surface area contributed by atoms with E-state index in [0.717, 1.165) is 53.5 Å². The fraction of sp³-hybridized carbons (Fsp3) is 0.304. The topological polar surface area (TPSA) is 80.4 Å². The number of hydrogen-bond donors (Lipinski definition) is 2. The van der Waals surface area contributed by atoms with Gasteiger partial charge in [0.2, 0.25) is 0 Å². The summed E-state index contributed by atoms with van der Waals surface area (Å²) in [5.41, 5.74) is 3.41. The minimum absolute atomic E-state index is 0.0190. The van der Waals surface area contributed by atoms with Crippen LogP contribution in [-0.2, 0) is 17.6 Å². The van der Waals surface area contributed by atoms with Crippen molar-refractivity contribution in [2.75, 3.05) is 18.5 Å². The number of anilines is 1. The average Bonchev–Trinajstić information content (AvgIpc) is 2.73. The molecule has 6 nitrogen and oxygen atoms in total. The number of rotatable bonds is 6. The molecule has 0 saturated carbocycles. The van der Waals surface area contributed by atoms with E-state index in [1.54, 1.807) is 30.3 Å². The van der Waals surface area contributed by atoms with Crippen LogP contribution >= 0.6 is 0 Å². The number of carbonyl (C=O) groups is 1. The number of ether oxygens (including phenoxy) is 2. The summed E-state index contributed by atoms with van der Waals surface area (Å²) in [6.45, 7) is 2.42. The molecular weight excluding hydrogens is 368 g/mol. The zero-order valence-electron chi connectivity index (χ0n) is 16.4. The quantitative estimate of drug-likeness (QED) is 0.668. The molecule has 0 bridgehead atoms. The first-order chi connectivity index (χ1) is 14.1. The lowest BCUT2D eigenvalue weighted by molar-refractivity contribution is -0.118. The van der Waals surface area contributed by atoms with Crippen molar-refractivity contribution < 1.29 is 14.3 Å². The van der Waals surface area contributed by atoms with Gasteiger partial charge in [0, 0.05) is 16.6 Å². The Morgan fingerprint density at radius 2 is 1.69 bits per heavy atom. The third-order valence-electron chi connectivity index (χ3n) is 5.12. The lowest BCUT2D eigenvalue weighted by Gasteiger charge is -2.17. The second-order valence-corrected chi connectivity index (χ2v) is 7.12. The summed E-state index contributed by atoms with van der Waals surface area (Å²) in [6.07, 6.45) is 3.93. The lowest BCUT2D eigenvalue weighted by atomic mass is 9.90. The number of pyridine rings is 1. The van der Waals surface area contributed by atoms with Crippen LogP contribution in [0.25, 0.3) is 10.9 Å². The maximum absolute atomic E-state index is 12.4. The SMILES string of the molecule is CCOc1ccc(OCC(=O)Nc2ccc3c4c(c(=O)[nH]c3c2)CCCC4)cc1. The van der Waals surface area contributed by atoms with Crippen LogP contribution in [0.1, 0.15) is 30.9 Å². The van der Waals surface area contributed by atoms with Crippen LogP contribution in [0.4, 0.5) is 5.69 Å². The second kappa shape index (κ2) is 8.39.